The van der Waals surface area contributed by atoms with Crippen LogP contribution in [0.1, 0.15) is 0 Å². The smallest absolute Gasteiger partial charge is 0.207 e. The average Bonchev–Trinajstić information content (AvgIpc) is 1.88. The molecule has 1 aromatic rings. The third kappa shape index (κ3) is 2.71. The molecule has 0 spiro atoms. The van der Waals surface area contributed by atoms with E-state index in [9.17, 15) is 0 Å². The Labute approximate surface area is 76.6 Å². The number of alkyl halides is 2. The zero-order chi connectivity index (χ0) is 7.40. The van der Waals surface area contributed by atoms with Crippen molar-refractivity contribution in [1.29, 1.82) is 0 Å². The Kier molecular flexibility index (Phi) is 3.22. The van der Waals surface area contributed by atoms with Crippen molar-refractivity contribution in [3.8, 4) is 5.75 Å². The maximum atomic E-state index is 5.25. The maximum absolute atomic E-state index is 5.25. The summed E-state index contributed by atoms with van der Waals surface area (Å²) in [5, 5.41) is 0. The molecule has 54 valence electrons. The predicted octanol–water partition coefficient (Wildman–Crippen LogP) is 3.14. The van der Waals surface area contributed by atoms with E-state index in [1.807, 2.05) is 30.3 Å². The molecule has 0 aromatic heterocycles. The Hall–Kier alpha value is -0.0200. The molecule has 0 fully saturated rings. The molecule has 0 saturated heterocycles. The van der Waals surface area contributed by atoms with E-state index < -0.39 is 0 Å². The molecule has 0 aliphatic heterocycles. The summed E-state index contributed by atoms with van der Waals surface area (Å²) >= 11 is 6.41. The molecular weight excluding hydrogens is 260 g/mol. The number of para-hydroxylation sites is 1. The van der Waals surface area contributed by atoms with E-state index in [2.05, 4.69) is 31.9 Å². The summed E-state index contributed by atoms with van der Waals surface area (Å²) in [7, 11) is 0. The first-order valence-corrected chi connectivity index (χ1v) is 4.62. The normalized spacial score (nSPS) is 9.90. The van der Waals surface area contributed by atoms with E-state index in [0.29, 0.717) is 0 Å². The van der Waals surface area contributed by atoms with Gasteiger partial charge in [0.15, 0.2) is 0 Å². The van der Waals surface area contributed by atoms with Gasteiger partial charge in [0.2, 0.25) is 3.92 Å². The lowest BCUT2D eigenvalue weighted by atomic mass is 10.3. The highest BCUT2D eigenvalue weighted by molar-refractivity contribution is 9.24. The first-order valence-electron chi connectivity index (χ1n) is 2.79. The van der Waals surface area contributed by atoms with E-state index in [-0.39, 0.29) is 3.92 Å². The van der Waals surface area contributed by atoms with Gasteiger partial charge in [-0.25, -0.2) is 0 Å². The largest absolute Gasteiger partial charge is 0.469 e. The van der Waals surface area contributed by atoms with Gasteiger partial charge in [-0.2, -0.15) is 0 Å². The second-order valence-electron chi connectivity index (χ2n) is 1.69. The molecule has 0 radical (unpaired) electrons. The lowest BCUT2D eigenvalue weighted by Crippen LogP contribution is -1.96. The van der Waals surface area contributed by atoms with Crippen LogP contribution in [0.25, 0.3) is 0 Å². The van der Waals surface area contributed by atoms with Crippen LogP contribution in [0, 0.1) is 0 Å². The van der Waals surface area contributed by atoms with Gasteiger partial charge in [-0.1, -0.05) is 18.2 Å². The molecule has 0 aliphatic carbocycles. The Morgan fingerprint density at radius 2 is 1.70 bits per heavy atom. The summed E-state index contributed by atoms with van der Waals surface area (Å²) in [4.78, 5) is 0. The molecule has 1 rings (SSSR count). The molecular formula is C7H6Br2O. The minimum Gasteiger partial charge on any atom is -0.469 e. The molecule has 10 heavy (non-hydrogen) atoms. The molecule has 0 heterocycles. The van der Waals surface area contributed by atoms with Crippen molar-refractivity contribution in [1.82, 2.24) is 0 Å². The van der Waals surface area contributed by atoms with Crippen LogP contribution in [0.5, 0.6) is 5.75 Å². The van der Waals surface area contributed by atoms with Crippen LogP contribution in [-0.2, 0) is 0 Å². The van der Waals surface area contributed by atoms with Crippen molar-refractivity contribution in [2.75, 3.05) is 0 Å². The van der Waals surface area contributed by atoms with E-state index in [1.54, 1.807) is 0 Å². The lowest BCUT2D eigenvalue weighted by molar-refractivity contribution is 0.376. The van der Waals surface area contributed by atoms with Gasteiger partial charge in [-0.05, 0) is 44.0 Å². The summed E-state index contributed by atoms with van der Waals surface area (Å²) in [6.07, 6.45) is 0. The van der Waals surface area contributed by atoms with Gasteiger partial charge in [-0.3, -0.25) is 0 Å². The second kappa shape index (κ2) is 3.98. The molecule has 0 N–H and O–H groups in total. The van der Waals surface area contributed by atoms with Crippen molar-refractivity contribution in [3.63, 3.8) is 0 Å². The van der Waals surface area contributed by atoms with Crippen LogP contribution in [0.4, 0.5) is 0 Å². The number of benzene rings is 1. The zero-order valence-corrected chi connectivity index (χ0v) is 8.30. The van der Waals surface area contributed by atoms with E-state index in [1.165, 1.54) is 0 Å². The number of ether oxygens (including phenoxy) is 1. The van der Waals surface area contributed by atoms with Crippen LogP contribution in [0.2, 0.25) is 0 Å². The van der Waals surface area contributed by atoms with Crippen LogP contribution in [0.3, 0.4) is 0 Å². The highest BCUT2D eigenvalue weighted by atomic mass is 79.9. The van der Waals surface area contributed by atoms with Crippen LogP contribution in [0.15, 0.2) is 30.3 Å². The topological polar surface area (TPSA) is 9.23 Å². The maximum Gasteiger partial charge on any atom is 0.207 e. The third-order valence-corrected chi connectivity index (χ3v) is 1.34. The molecule has 0 unspecified atom stereocenters. The predicted molar refractivity (Wildman–Crippen MR) is 48.7 cm³/mol. The van der Waals surface area contributed by atoms with Crippen LogP contribution in [-0.4, -0.2) is 3.92 Å². The molecule has 3 heteroatoms. The fourth-order valence-electron chi connectivity index (χ4n) is 0.602. The zero-order valence-electron chi connectivity index (χ0n) is 5.13. The van der Waals surface area contributed by atoms with E-state index in [0.717, 1.165) is 5.75 Å². The van der Waals surface area contributed by atoms with Crippen molar-refractivity contribution in [3.05, 3.63) is 30.3 Å². The van der Waals surface area contributed by atoms with Gasteiger partial charge in [0.05, 0.1) is 0 Å². The third-order valence-electron chi connectivity index (χ3n) is 0.968. The lowest BCUT2D eigenvalue weighted by Gasteiger charge is -2.04. The molecule has 0 saturated carbocycles. The average molecular weight is 266 g/mol. The summed E-state index contributed by atoms with van der Waals surface area (Å²) in [5.41, 5.74) is 0. The molecule has 1 nitrogen and oxygen atoms in total. The molecule has 0 bridgehead atoms. The molecule has 0 amide bonds. The van der Waals surface area contributed by atoms with Crippen LogP contribution >= 0.6 is 31.9 Å². The number of halogens is 2. The SMILES string of the molecule is BrC(Br)Oc1ccccc1. The van der Waals surface area contributed by atoms with Crippen molar-refractivity contribution in [2.24, 2.45) is 0 Å². The number of hydrogen-bond donors (Lipinski definition) is 0. The van der Waals surface area contributed by atoms with Gasteiger partial charge < -0.3 is 4.74 Å². The monoisotopic (exact) mass is 264 g/mol. The standard InChI is InChI=1S/C7H6Br2O/c8-7(9)10-6-4-2-1-3-5-6/h1-5,7H. The van der Waals surface area contributed by atoms with E-state index in [4.69, 9.17) is 4.74 Å². The van der Waals surface area contributed by atoms with Gasteiger partial charge in [-0.15, -0.1) is 0 Å². The first-order chi connectivity index (χ1) is 4.79. The highest BCUT2D eigenvalue weighted by Gasteiger charge is 1.96. The van der Waals surface area contributed by atoms with Crippen LogP contribution < -0.4 is 4.74 Å². The fraction of sp³-hybridized carbons (Fsp3) is 0.143. The van der Waals surface area contributed by atoms with Crippen molar-refractivity contribution in [2.45, 2.75) is 3.92 Å². The molecule has 1 aromatic carbocycles. The quantitative estimate of drug-likeness (QED) is 0.747. The number of rotatable bonds is 2. The van der Waals surface area contributed by atoms with Crippen molar-refractivity contribution >= 4 is 31.9 Å². The molecule has 0 atom stereocenters. The molecule has 0 aliphatic rings. The minimum atomic E-state index is -0.109. The Morgan fingerprint density at radius 3 is 2.20 bits per heavy atom. The summed E-state index contributed by atoms with van der Waals surface area (Å²) in [6.45, 7) is 0. The first kappa shape index (κ1) is 8.08. The van der Waals surface area contributed by atoms with Gasteiger partial charge >= 0.3 is 0 Å². The van der Waals surface area contributed by atoms with Gasteiger partial charge in [0.25, 0.3) is 0 Å². The van der Waals surface area contributed by atoms with E-state index >= 15 is 0 Å². The Bertz CT molecular complexity index is 186. The minimum absolute atomic E-state index is 0.109. The summed E-state index contributed by atoms with van der Waals surface area (Å²) < 4.78 is 5.14. The van der Waals surface area contributed by atoms with Crippen molar-refractivity contribution < 1.29 is 4.74 Å². The van der Waals surface area contributed by atoms with Gasteiger partial charge in [0.1, 0.15) is 5.75 Å². The second-order valence-corrected chi connectivity index (χ2v) is 4.58. The Balaban J connectivity index is 2.59. The highest BCUT2D eigenvalue weighted by Crippen LogP contribution is 2.16. The fourth-order valence-corrected chi connectivity index (χ4v) is 1.03. The summed E-state index contributed by atoms with van der Waals surface area (Å²) in [6, 6.07) is 9.60. The van der Waals surface area contributed by atoms with Gasteiger partial charge in [0, 0.05) is 0 Å². The Morgan fingerprint density at radius 1 is 1.10 bits per heavy atom. The number of hydrogen-bond acceptors (Lipinski definition) is 1. The summed E-state index contributed by atoms with van der Waals surface area (Å²) in [5.74, 6) is 0.848.